The number of hydrogen-bond donors (Lipinski definition) is 20. The van der Waals surface area contributed by atoms with E-state index in [4.69, 9.17) is 28.7 Å². The van der Waals surface area contributed by atoms with Gasteiger partial charge in [0.2, 0.25) is 88.6 Å². The van der Waals surface area contributed by atoms with Crippen molar-refractivity contribution in [3.63, 3.8) is 0 Å². The molecule has 1 aromatic heterocycles. The molecular weight excluding hydrogens is 1760 g/mol. The molecule has 0 bridgehead atoms. The Labute approximate surface area is 807 Å². The van der Waals surface area contributed by atoms with Crippen LogP contribution >= 0.6 is 0 Å². The molecular formula is C95H166Cl2N22O15. The highest BCUT2D eigenvalue weighted by atomic mass is 35.5. The molecule has 0 fully saturated rings. The minimum atomic E-state index is -1.37. The Hall–Kier alpha value is -9.63. The molecule has 0 aliphatic rings. The molecule has 2 aromatic carbocycles. The molecule has 0 radical (unpaired) electrons. The molecule has 0 saturated heterocycles. The molecule has 0 aliphatic carbocycles. The zero-order chi connectivity index (χ0) is 99.3. The number of nitrogens with zero attached hydrogens (tertiary/aromatic N) is 2. The van der Waals surface area contributed by atoms with Gasteiger partial charge in [0, 0.05) is 29.9 Å². The van der Waals surface area contributed by atoms with Gasteiger partial charge in [-0.1, -0.05) is 144 Å². The third kappa shape index (κ3) is 46.7. The van der Waals surface area contributed by atoms with Crippen LogP contribution in [-0.2, 0) is 84.8 Å². The lowest BCUT2D eigenvalue weighted by Crippen LogP contribution is -3.00. The van der Waals surface area contributed by atoms with E-state index in [1.165, 1.54) is 6.92 Å². The Morgan fingerprint density at radius 1 is 0.358 bits per heavy atom. The first-order valence-electron chi connectivity index (χ1n) is 47.6. The Balaban J connectivity index is 0.0000449. The molecule has 1 heterocycles. The second kappa shape index (κ2) is 62.9. The number of amides is 15. The van der Waals surface area contributed by atoms with E-state index < -0.39 is 197 Å². The molecule has 134 heavy (non-hydrogen) atoms. The number of aromatic nitrogens is 1. The number of primary amides is 1. The number of unbranched alkanes of at least 4 members (excludes halogenated alkanes) is 5. The maximum atomic E-state index is 15.3. The Kier molecular flexibility index (Phi) is 57.4. The predicted octanol–water partition coefficient (Wildman–Crippen LogP) is -4.15. The van der Waals surface area contributed by atoms with Crippen LogP contribution in [0.5, 0.6) is 0 Å². The predicted molar refractivity (Wildman–Crippen MR) is 513 cm³/mol. The summed E-state index contributed by atoms with van der Waals surface area (Å²) in [6.07, 6.45) is 8.27. The Morgan fingerprint density at radius 3 is 1.12 bits per heavy atom. The molecule has 25 N–H and O–H groups in total. The van der Waals surface area contributed by atoms with Crippen molar-refractivity contribution < 1.29 is 106 Å². The lowest BCUT2D eigenvalue weighted by atomic mass is 9.97. The van der Waals surface area contributed by atoms with Crippen LogP contribution in [0.25, 0.3) is 10.9 Å². The minimum absolute atomic E-state index is 0. The van der Waals surface area contributed by atoms with E-state index >= 15 is 19.2 Å². The highest BCUT2D eigenvalue weighted by Gasteiger charge is 2.40. The van der Waals surface area contributed by atoms with Crippen LogP contribution in [0.1, 0.15) is 223 Å². The third-order valence-corrected chi connectivity index (χ3v) is 23.1. The lowest BCUT2D eigenvalue weighted by molar-refractivity contribution is -0.870. The summed E-state index contributed by atoms with van der Waals surface area (Å²) in [7, 11) is 12.1. The first kappa shape index (κ1) is 122. The number of quaternary nitrogens is 2. The Bertz CT molecular complexity index is 4140. The van der Waals surface area contributed by atoms with E-state index in [0.717, 1.165) is 16.5 Å². The average molecular weight is 1930 g/mol. The van der Waals surface area contributed by atoms with E-state index in [-0.39, 0.29) is 107 Å². The van der Waals surface area contributed by atoms with Crippen LogP contribution in [-0.4, -0.2) is 269 Å². The van der Waals surface area contributed by atoms with Gasteiger partial charge in [-0.3, -0.25) is 71.9 Å². The van der Waals surface area contributed by atoms with Crippen molar-refractivity contribution in [2.75, 3.05) is 81.6 Å². The largest absolute Gasteiger partial charge is 1.00 e. The van der Waals surface area contributed by atoms with Gasteiger partial charge in [0.25, 0.3) is 0 Å². The molecule has 760 valence electrons. The number of fused-ring (bicyclic) bond motifs is 1. The second-order valence-corrected chi connectivity index (χ2v) is 39.4. The molecule has 3 rings (SSSR count). The number of carbonyl (C=O) groups excluding carboxylic acids is 15. The number of rotatable bonds is 65. The topological polar surface area (TPSA) is 570 Å². The van der Waals surface area contributed by atoms with Crippen LogP contribution < -0.4 is 128 Å². The number of H-pyrrole nitrogens is 1. The smallest absolute Gasteiger partial charge is 0.243 e. The van der Waals surface area contributed by atoms with Gasteiger partial charge in [0.05, 0.1) is 68.0 Å². The van der Waals surface area contributed by atoms with E-state index in [0.29, 0.717) is 118 Å². The molecule has 0 saturated carbocycles. The number of hydrogen-bond acceptors (Lipinski definition) is 19. The summed E-state index contributed by atoms with van der Waals surface area (Å²) in [6, 6.07) is -0.701. The third-order valence-electron chi connectivity index (χ3n) is 23.1. The van der Waals surface area contributed by atoms with Gasteiger partial charge in [0.1, 0.15) is 78.5 Å². The molecule has 3 aromatic rings. The van der Waals surface area contributed by atoms with E-state index in [9.17, 15) is 52.7 Å². The Morgan fingerprint density at radius 2 is 0.701 bits per heavy atom. The van der Waals surface area contributed by atoms with Gasteiger partial charge < -0.3 is 142 Å². The summed E-state index contributed by atoms with van der Waals surface area (Å²) in [5.41, 5.74) is 31.6. The molecule has 15 amide bonds. The van der Waals surface area contributed by atoms with Crippen molar-refractivity contribution in [3.05, 3.63) is 71.9 Å². The average Bonchev–Trinajstić information content (AvgIpc) is 1.67. The van der Waals surface area contributed by atoms with Crippen LogP contribution in [0.2, 0.25) is 0 Å². The molecule has 15 atom stereocenters. The first-order valence-corrected chi connectivity index (χ1v) is 47.6. The fraction of sp³-hybridized carbons (Fsp3) is 0.695. The lowest BCUT2D eigenvalue weighted by Gasteiger charge is -2.30. The van der Waals surface area contributed by atoms with Gasteiger partial charge in [-0.25, -0.2) is 0 Å². The summed E-state index contributed by atoms with van der Waals surface area (Å²) >= 11 is 0. The molecule has 0 aliphatic heterocycles. The monoisotopic (exact) mass is 1930 g/mol. The van der Waals surface area contributed by atoms with Crippen LogP contribution in [0.15, 0.2) is 60.8 Å². The fourth-order valence-corrected chi connectivity index (χ4v) is 15.1. The van der Waals surface area contributed by atoms with Crippen molar-refractivity contribution >= 4 is 99.5 Å². The maximum absolute atomic E-state index is 15.3. The van der Waals surface area contributed by atoms with Crippen molar-refractivity contribution in [2.45, 2.75) is 309 Å². The number of benzene rings is 2. The van der Waals surface area contributed by atoms with Gasteiger partial charge in [-0.2, -0.15) is 0 Å². The summed E-state index contributed by atoms with van der Waals surface area (Å²) in [5.74, 6) is -12.8. The van der Waals surface area contributed by atoms with Crippen molar-refractivity contribution in [3.8, 4) is 0 Å². The van der Waals surface area contributed by atoms with Gasteiger partial charge in [-0.15, -0.1) is 0 Å². The molecule has 0 unspecified atom stereocenters. The van der Waals surface area contributed by atoms with E-state index in [1.807, 2.05) is 108 Å². The van der Waals surface area contributed by atoms with Gasteiger partial charge in [-0.05, 0) is 188 Å². The number of aromatic amines is 1. The van der Waals surface area contributed by atoms with Crippen molar-refractivity contribution in [1.29, 1.82) is 0 Å². The number of para-hydroxylation sites is 1. The highest BCUT2D eigenvalue weighted by molar-refractivity contribution is 6.01. The molecule has 37 nitrogen and oxygen atoms in total. The van der Waals surface area contributed by atoms with Crippen LogP contribution in [0.4, 0.5) is 0 Å². The van der Waals surface area contributed by atoms with E-state index in [2.05, 4.69) is 79.4 Å². The number of nitrogens with two attached hydrogens (primary N) is 5. The number of carbonyl (C=O) groups is 15. The van der Waals surface area contributed by atoms with Crippen molar-refractivity contribution in [2.24, 2.45) is 64.2 Å². The molecule has 39 heteroatoms. The standard InChI is InChI=1S/C95H164N22O15.2ClH/c1-20-62(12)81(93(130)102-56-78(118)103-63(13)83(120)113-79(60(8)9)95(132)112-75(52-59(6)7)89(126)107-71(42-28-33-47-98)87(124)114-80(61(10)11)94(131)108-73(82(100)119)50-57(2)3)115-88(125)72(44-30-35-49-117(17,18)19)104-85(122)70(43-29-34-48-116(14,15)16)105-91(128)76(53-64-36-22-21-23-37-64)111-90(127)74(51-58(4)5)110-86(123)69(41-27-32-46-97)106-92(129)77(109-84(121)67(99)39-26-31-45-96)54-65-55-101-68-40-25-24-38-66(65)68;;/h21-25,36-38,40,55,57-63,67,69-77,79-81,101H,20,26-35,39,41-54,56,96-99H2,1-19H3,(H14-2,100,102,103,104,105,106,107,108,109,110,111,112,113,114,115,118,119,120,121,122,123,124,125,126,127,128,129,130,131,132);2*1H/t62-,63-,67-,69-,70-,71-,72-,73-,74-,75-,76-,77-,79-,80-,81-;;/m0../s1. The normalized spacial score (nSPS) is 15.0. The number of halogens is 2. The molecule has 0 spiro atoms. The van der Waals surface area contributed by atoms with Crippen LogP contribution in [0, 0.1) is 35.5 Å². The highest BCUT2D eigenvalue weighted by Crippen LogP contribution is 2.22. The second-order valence-electron chi connectivity index (χ2n) is 39.4. The summed E-state index contributed by atoms with van der Waals surface area (Å²) in [5, 5.41) is 39.9. The summed E-state index contributed by atoms with van der Waals surface area (Å²) in [4.78, 5) is 218. The van der Waals surface area contributed by atoms with Crippen molar-refractivity contribution in [1.82, 2.24) is 79.4 Å². The fourth-order valence-electron chi connectivity index (χ4n) is 15.1. The van der Waals surface area contributed by atoms with Gasteiger partial charge in [0.15, 0.2) is 0 Å². The van der Waals surface area contributed by atoms with E-state index in [1.54, 1.807) is 78.1 Å². The zero-order valence-corrected chi connectivity index (χ0v) is 84.6. The zero-order valence-electron chi connectivity index (χ0n) is 83.1. The van der Waals surface area contributed by atoms with Gasteiger partial charge >= 0.3 is 0 Å². The minimum Gasteiger partial charge on any atom is -1.00 e. The maximum Gasteiger partial charge on any atom is 0.243 e. The first-order chi connectivity index (χ1) is 62.0. The number of nitrogens with one attached hydrogen (secondary N) is 15. The SMILES string of the molecule is CC[C@H](C)[C@H](NC(=O)[C@H](CCCC[N+](C)(C)C)NC(=O)[C@H](CCCC[N+](C)(C)C)NC(=O)[C@H](Cc1ccccc1)NC(=O)[C@H](CC(C)C)NC(=O)[C@H](CCCCN)NC(=O)[C@H](Cc1c[nH]c2ccccc12)NC(=O)[C@@H](N)CCCCN)C(=O)NCC(=O)N[C@@H](C)C(=O)N[C@H](C(=O)N[C@@H](CC(C)C)C(=O)N[C@@H](CCCCN)C(=O)N[C@H](C(=O)N[C@@H](CC(C)C)C(N)=O)C(C)C)C(C)C.[Cl-].[Cl-]. The summed E-state index contributed by atoms with van der Waals surface area (Å²) < 4.78 is 1.18. The quantitative estimate of drug-likeness (QED) is 0.0188. The summed E-state index contributed by atoms with van der Waals surface area (Å²) in [6.45, 7) is 24.4. The van der Waals surface area contributed by atoms with Crippen LogP contribution in [0.3, 0.4) is 0 Å².